The summed E-state index contributed by atoms with van der Waals surface area (Å²) in [5.41, 5.74) is 0.406. The highest BCUT2D eigenvalue weighted by Crippen LogP contribution is 2.23. The number of hydrogen-bond donors (Lipinski definition) is 1. The van der Waals surface area contributed by atoms with Gasteiger partial charge < -0.3 is 10.2 Å². The zero-order chi connectivity index (χ0) is 22.9. The Balaban J connectivity index is 1.65. The Hall–Kier alpha value is -2.05. The van der Waals surface area contributed by atoms with Crippen molar-refractivity contribution in [2.75, 3.05) is 5.75 Å². The van der Waals surface area contributed by atoms with E-state index in [-0.39, 0.29) is 36.6 Å². The topological polar surface area (TPSA) is 49.4 Å². The van der Waals surface area contributed by atoms with Crippen molar-refractivity contribution in [1.29, 1.82) is 0 Å². The fourth-order valence-electron chi connectivity index (χ4n) is 3.89. The monoisotopic (exact) mass is 476 g/mol. The molecule has 0 aliphatic heterocycles. The number of amides is 2. The molecule has 2 aromatic carbocycles. The second-order valence-electron chi connectivity index (χ2n) is 8.18. The van der Waals surface area contributed by atoms with Crippen LogP contribution >= 0.6 is 23.4 Å². The molecule has 0 spiro atoms. The van der Waals surface area contributed by atoms with Crippen LogP contribution in [0.4, 0.5) is 4.39 Å². The van der Waals surface area contributed by atoms with Crippen LogP contribution in [-0.2, 0) is 16.1 Å². The maximum absolute atomic E-state index is 14.3. The first-order valence-corrected chi connectivity index (χ1v) is 12.5. The normalized spacial score (nSPS) is 15.2. The third kappa shape index (κ3) is 7.24. The minimum Gasteiger partial charge on any atom is -0.352 e. The van der Waals surface area contributed by atoms with Gasteiger partial charge in [0, 0.05) is 40.2 Å². The average Bonchev–Trinajstić information content (AvgIpc) is 2.80. The molecule has 0 unspecified atom stereocenters. The lowest BCUT2D eigenvalue weighted by atomic mass is 9.95. The third-order valence-electron chi connectivity index (χ3n) is 5.82. The van der Waals surface area contributed by atoms with Crippen LogP contribution in [0.1, 0.15) is 51.0 Å². The highest BCUT2D eigenvalue weighted by molar-refractivity contribution is 7.99. The van der Waals surface area contributed by atoms with Gasteiger partial charge in [0.25, 0.3) is 0 Å². The number of halogens is 2. The lowest BCUT2D eigenvalue weighted by Gasteiger charge is -2.31. The van der Waals surface area contributed by atoms with Gasteiger partial charge in [0.2, 0.25) is 11.8 Å². The molecule has 0 aromatic heterocycles. The molecule has 0 bridgehead atoms. The second kappa shape index (κ2) is 12.3. The number of hydrogen-bond acceptors (Lipinski definition) is 3. The number of rotatable bonds is 9. The third-order valence-corrected chi connectivity index (χ3v) is 7.08. The summed E-state index contributed by atoms with van der Waals surface area (Å²) in [5, 5.41) is 3.76. The quantitative estimate of drug-likeness (QED) is 0.463. The minimum atomic E-state index is -0.676. The summed E-state index contributed by atoms with van der Waals surface area (Å²) in [7, 11) is 0. The van der Waals surface area contributed by atoms with Crippen molar-refractivity contribution < 1.29 is 14.0 Å². The van der Waals surface area contributed by atoms with E-state index >= 15 is 0 Å². The van der Waals surface area contributed by atoms with E-state index in [1.54, 1.807) is 36.9 Å². The van der Waals surface area contributed by atoms with Crippen LogP contribution < -0.4 is 5.32 Å². The van der Waals surface area contributed by atoms with Crippen molar-refractivity contribution >= 4 is 35.2 Å². The van der Waals surface area contributed by atoms with E-state index in [4.69, 9.17) is 11.6 Å². The largest absolute Gasteiger partial charge is 0.352 e. The highest BCUT2D eigenvalue weighted by Gasteiger charge is 2.28. The zero-order valence-corrected chi connectivity index (χ0v) is 19.9. The Morgan fingerprint density at radius 1 is 1.12 bits per heavy atom. The summed E-state index contributed by atoms with van der Waals surface area (Å²) < 4.78 is 14.3. The number of nitrogens with one attached hydrogen (secondary N) is 1. The number of carbonyl (C=O) groups is 2. The molecule has 4 nitrogen and oxygen atoms in total. The van der Waals surface area contributed by atoms with Crippen molar-refractivity contribution in [3.63, 3.8) is 0 Å². The fraction of sp³-hybridized carbons (Fsp3) is 0.440. The predicted octanol–water partition coefficient (Wildman–Crippen LogP) is 5.83. The molecule has 1 fully saturated rings. The van der Waals surface area contributed by atoms with Gasteiger partial charge in [-0.2, -0.15) is 0 Å². The van der Waals surface area contributed by atoms with Crippen molar-refractivity contribution in [2.45, 2.75) is 69.0 Å². The van der Waals surface area contributed by atoms with E-state index in [1.165, 1.54) is 17.4 Å². The first-order valence-electron chi connectivity index (χ1n) is 11.2. The molecule has 0 saturated heterocycles. The summed E-state index contributed by atoms with van der Waals surface area (Å²) in [6.07, 6.45) is 5.61. The van der Waals surface area contributed by atoms with Crippen LogP contribution in [0.2, 0.25) is 5.02 Å². The number of thioether (sulfide) groups is 1. The molecule has 0 radical (unpaired) electrons. The number of carbonyl (C=O) groups excluding carboxylic acids is 2. The molecule has 7 heteroatoms. The van der Waals surface area contributed by atoms with Crippen LogP contribution in [0.3, 0.4) is 0 Å². The van der Waals surface area contributed by atoms with E-state index in [0.29, 0.717) is 16.3 Å². The molecule has 1 aliphatic carbocycles. The Kier molecular flexibility index (Phi) is 9.42. The van der Waals surface area contributed by atoms with Gasteiger partial charge in [-0.3, -0.25) is 9.59 Å². The molecule has 1 atom stereocenters. The second-order valence-corrected chi connectivity index (χ2v) is 9.79. The molecule has 3 rings (SSSR count). The SMILES string of the molecule is C[C@H](C(=O)NC1CCCCC1)N(Cc1ccccc1F)C(=O)CCSc1ccc(Cl)cc1. The Morgan fingerprint density at radius 3 is 2.50 bits per heavy atom. The highest BCUT2D eigenvalue weighted by atomic mass is 35.5. The number of benzene rings is 2. The molecule has 32 heavy (non-hydrogen) atoms. The van der Waals surface area contributed by atoms with E-state index in [0.717, 1.165) is 30.6 Å². The Bertz CT molecular complexity index is 903. The van der Waals surface area contributed by atoms with Crippen LogP contribution in [-0.4, -0.2) is 34.6 Å². The first kappa shape index (κ1) is 24.6. The minimum absolute atomic E-state index is 0.0658. The van der Waals surface area contributed by atoms with E-state index in [1.807, 2.05) is 24.3 Å². The summed E-state index contributed by atoms with van der Waals surface area (Å²) in [6.45, 7) is 1.79. The maximum atomic E-state index is 14.3. The van der Waals surface area contributed by atoms with Crippen molar-refractivity contribution in [3.05, 3.63) is 64.9 Å². The van der Waals surface area contributed by atoms with Crippen LogP contribution in [0.25, 0.3) is 0 Å². The molecule has 172 valence electrons. The maximum Gasteiger partial charge on any atom is 0.242 e. The van der Waals surface area contributed by atoms with Gasteiger partial charge in [-0.15, -0.1) is 11.8 Å². The fourth-order valence-corrected chi connectivity index (χ4v) is 4.86. The van der Waals surface area contributed by atoms with Gasteiger partial charge >= 0.3 is 0 Å². The van der Waals surface area contributed by atoms with Gasteiger partial charge in [0.15, 0.2) is 0 Å². The van der Waals surface area contributed by atoms with E-state index in [2.05, 4.69) is 5.32 Å². The Morgan fingerprint density at radius 2 is 1.81 bits per heavy atom. The van der Waals surface area contributed by atoms with Gasteiger partial charge in [-0.05, 0) is 50.1 Å². The molecule has 0 heterocycles. The summed E-state index contributed by atoms with van der Waals surface area (Å²) in [5.74, 6) is -0.153. The standard InChI is InChI=1S/C25H30ClFN2O2S/c1-18(25(31)28-21-8-3-2-4-9-21)29(17-19-7-5-6-10-23(19)27)24(30)15-16-32-22-13-11-20(26)12-14-22/h5-7,10-14,18,21H,2-4,8-9,15-17H2,1H3,(H,28,31)/t18-/m1/s1. The van der Waals surface area contributed by atoms with Crippen molar-refractivity contribution in [1.82, 2.24) is 10.2 Å². The van der Waals surface area contributed by atoms with Crippen LogP contribution in [0.5, 0.6) is 0 Å². The van der Waals surface area contributed by atoms with Crippen molar-refractivity contribution in [2.24, 2.45) is 0 Å². The smallest absolute Gasteiger partial charge is 0.242 e. The average molecular weight is 477 g/mol. The first-order chi connectivity index (χ1) is 15.4. The number of nitrogens with zero attached hydrogens (tertiary/aromatic N) is 1. The molecular formula is C25H30ClFN2O2S. The van der Waals surface area contributed by atoms with Crippen LogP contribution in [0.15, 0.2) is 53.4 Å². The summed E-state index contributed by atoms with van der Waals surface area (Å²) in [6, 6.07) is 13.3. The molecule has 2 amide bonds. The molecular weight excluding hydrogens is 447 g/mol. The Labute approximate surface area is 198 Å². The molecule has 2 aromatic rings. The zero-order valence-electron chi connectivity index (χ0n) is 18.4. The van der Waals surface area contributed by atoms with Crippen molar-refractivity contribution in [3.8, 4) is 0 Å². The summed E-state index contributed by atoms with van der Waals surface area (Å²) >= 11 is 7.48. The van der Waals surface area contributed by atoms with Gasteiger partial charge in [0.05, 0.1) is 0 Å². The molecule has 1 N–H and O–H groups in total. The molecule has 1 saturated carbocycles. The van der Waals surface area contributed by atoms with Gasteiger partial charge in [-0.25, -0.2) is 4.39 Å². The van der Waals surface area contributed by atoms with Gasteiger partial charge in [-0.1, -0.05) is 49.1 Å². The summed E-state index contributed by atoms with van der Waals surface area (Å²) in [4.78, 5) is 28.6. The lowest BCUT2D eigenvalue weighted by Crippen LogP contribution is -2.50. The van der Waals surface area contributed by atoms with Crippen LogP contribution in [0, 0.1) is 5.82 Å². The molecule has 1 aliphatic rings. The lowest BCUT2D eigenvalue weighted by molar-refractivity contribution is -0.140. The van der Waals surface area contributed by atoms with Gasteiger partial charge in [0.1, 0.15) is 11.9 Å². The predicted molar refractivity (Wildman–Crippen MR) is 128 cm³/mol. The van der Waals surface area contributed by atoms with E-state index < -0.39 is 6.04 Å². The van der Waals surface area contributed by atoms with E-state index in [9.17, 15) is 14.0 Å².